The van der Waals surface area contributed by atoms with Gasteiger partial charge < -0.3 is 10.6 Å². The number of nitro groups is 1. The van der Waals surface area contributed by atoms with Crippen LogP contribution < -0.4 is 10.6 Å². The Kier molecular flexibility index (Phi) is 3.72. The fourth-order valence-corrected chi connectivity index (χ4v) is 1.54. The van der Waals surface area contributed by atoms with E-state index >= 15 is 0 Å². The van der Waals surface area contributed by atoms with Crippen molar-refractivity contribution < 1.29 is 9.72 Å². The van der Waals surface area contributed by atoms with Crippen LogP contribution in [0.25, 0.3) is 0 Å². The lowest BCUT2D eigenvalue weighted by atomic mass is 10.2. The molecule has 96 valence electrons. The van der Waals surface area contributed by atoms with Crippen LogP contribution in [-0.2, 0) is 0 Å². The maximum atomic E-state index is 11.7. The molecule has 0 spiro atoms. The summed E-state index contributed by atoms with van der Waals surface area (Å²) in [7, 11) is 0. The van der Waals surface area contributed by atoms with Gasteiger partial charge in [0.1, 0.15) is 5.69 Å². The summed E-state index contributed by atoms with van der Waals surface area (Å²) >= 11 is 0. The van der Waals surface area contributed by atoms with Crippen LogP contribution in [0, 0.1) is 10.1 Å². The predicted octanol–water partition coefficient (Wildman–Crippen LogP) is 3.24. The number of anilines is 2. The van der Waals surface area contributed by atoms with Gasteiger partial charge in [0.15, 0.2) is 0 Å². The first-order valence-electron chi connectivity index (χ1n) is 5.53. The number of para-hydroxylation sites is 3. The van der Waals surface area contributed by atoms with Gasteiger partial charge in [0.2, 0.25) is 0 Å². The zero-order chi connectivity index (χ0) is 13.7. The lowest BCUT2D eigenvalue weighted by Gasteiger charge is -2.07. The van der Waals surface area contributed by atoms with Crippen molar-refractivity contribution in [3.63, 3.8) is 0 Å². The van der Waals surface area contributed by atoms with Crippen LogP contribution in [0.5, 0.6) is 0 Å². The highest BCUT2D eigenvalue weighted by Crippen LogP contribution is 2.23. The van der Waals surface area contributed by atoms with Gasteiger partial charge in [0, 0.05) is 11.8 Å². The summed E-state index contributed by atoms with van der Waals surface area (Å²) in [6.45, 7) is 0. The Morgan fingerprint density at radius 2 is 1.58 bits per heavy atom. The van der Waals surface area contributed by atoms with E-state index in [-0.39, 0.29) is 11.4 Å². The number of rotatable bonds is 3. The van der Waals surface area contributed by atoms with Gasteiger partial charge in [-0.1, -0.05) is 30.3 Å². The Morgan fingerprint density at radius 1 is 0.947 bits per heavy atom. The second kappa shape index (κ2) is 5.63. The highest BCUT2D eigenvalue weighted by molar-refractivity contribution is 6.01. The highest BCUT2D eigenvalue weighted by Gasteiger charge is 2.14. The zero-order valence-electron chi connectivity index (χ0n) is 9.87. The van der Waals surface area contributed by atoms with Crippen LogP contribution >= 0.6 is 0 Å². The summed E-state index contributed by atoms with van der Waals surface area (Å²) in [5.74, 6) is 0. The standard InChI is InChI=1S/C13H11N3O3/c17-13(14-10-6-2-1-3-7-10)15-11-8-4-5-9-12(11)16(18)19/h1-9H,(H2,14,15,17). The summed E-state index contributed by atoms with van der Waals surface area (Å²) in [5.41, 5.74) is 0.616. The van der Waals surface area contributed by atoms with Gasteiger partial charge in [-0.05, 0) is 18.2 Å². The Morgan fingerprint density at radius 3 is 2.26 bits per heavy atom. The molecule has 0 aliphatic rings. The molecule has 2 rings (SSSR count). The Balaban J connectivity index is 2.09. The number of amides is 2. The van der Waals surface area contributed by atoms with Crippen LogP contribution in [-0.4, -0.2) is 11.0 Å². The predicted molar refractivity (Wildman–Crippen MR) is 72.2 cm³/mol. The molecule has 0 aliphatic heterocycles. The lowest BCUT2D eigenvalue weighted by Crippen LogP contribution is -2.19. The fourth-order valence-electron chi connectivity index (χ4n) is 1.54. The molecule has 0 saturated heterocycles. The van der Waals surface area contributed by atoms with Crippen molar-refractivity contribution >= 4 is 23.1 Å². The SMILES string of the molecule is O=C(Nc1ccccc1)Nc1ccccc1[N+](=O)[O-]. The third-order valence-corrected chi connectivity index (χ3v) is 2.38. The van der Waals surface area contributed by atoms with E-state index in [9.17, 15) is 14.9 Å². The van der Waals surface area contributed by atoms with Gasteiger partial charge >= 0.3 is 6.03 Å². The van der Waals surface area contributed by atoms with Gasteiger partial charge in [0.05, 0.1) is 4.92 Å². The van der Waals surface area contributed by atoms with Crippen molar-refractivity contribution in [1.82, 2.24) is 0 Å². The summed E-state index contributed by atoms with van der Waals surface area (Å²) < 4.78 is 0. The van der Waals surface area contributed by atoms with Crippen LogP contribution in [0.15, 0.2) is 54.6 Å². The van der Waals surface area contributed by atoms with E-state index in [1.807, 2.05) is 6.07 Å². The van der Waals surface area contributed by atoms with E-state index in [2.05, 4.69) is 10.6 Å². The number of carbonyl (C=O) groups excluding carboxylic acids is 1. The maximum absolute atomic E-state index is 11.7. The number of benzene rings is 2. The number of carbonyl (C=O) groups is 1. The monoisotopic (exact) mass is 257 g/mol. The van der Waals surface area contributed by atoms with Crippen LogP contribution in [0.2, 0.25) is 0 Å². The molecule has 0 aromatic heterocycles. The fraction of sp³-hybridized carbons (Fsp3) is 0. The zero-order valence-corrected chi connectivity index (χ0v) is 9.87. The molecule has 0 bridgehead atoms. The van der Waals surface area contributed by atoms with Crippen molar-refractivity contribution in [3.05, 3.63) is 64.7 Å². The third kappa shape index (κ3) is 3.29. The minimum atomic E-state index is -0.544. The Bertz CT molecular complexity index is 599. The minimum Gasteiger partial charge on any atom is -0.308 e. The van der Waals surface area contributed by atoms with Gasteiger partial charge in [0.25, 0.3) is 5.69 Å². The van der Waals surface area contributed by atoms with Crippen LogP contribution in [0.4, 0.5) is 21.9 Å². The summed E-state index contributed by atoms with van der Waals surface area (Å²) in [6, 6.07) is 14.3. The molecule has 0 unspecified atom stereocenters. The van der Waals surface area contributed by atoms with Gasteiger partial charge in [-0.25, -0.2) is 4.79 Å². The van der Waals surface area contributed by atoms with E-state index in [1.54, 1.807) is 36.4 Å². The summed E-state index contributed by atoms with van der Waals surface area (Å²) in [5, 5.41) is 15.8. The average molecular weight is 257 g/mol. The van der Waals surface area contributed by atoms with E-state index in [4.69, 9.17) is 0 Å². The third-order valence-electron chi connectivity index (χ3n) is 2.38. The van der Waals surface area contributed by atoms with E-state index in [0.29, 0.717) is 5.69 Å². The molecule has 0 saturated carbocycles. The van der Waals surface area contributed by atoms with Crippen molar-refractivity contribution in [1.29, 1.82) is 0 Å². The normalized spacial score (nSPS) is 9.68. The van der Waals surface area contributed by atoms with Crippen LogP contribution in [0.1, 0.15) is 0 Å². The topological polar surface area (TPSA) is 84.3 Å². The Hall–Kier alpha value is -2.89. The van der Waals surface area contributed by atoms with Crippen molar-refractivity contribution in [3.8, 4) is 0 Å². The quantitative estimate of drug-likeness (QED) is 0.653. The number of nitrogens with one attached hydrogen (secondary N) is 2. The molecule has 0 heterocycles. The van der Waals surface area contributed by atoms with E-state index < -0.39 is 11.0 Å². The van der Waals surface area contributed by atoms with Crippen molar-refractivity contribution in [2.45, 2.75) is 0 Å². The van der Waals surface area contributed by atoms with Crippen molar-refractivity contribution in [2.75, 3.05) is 10.6 Å². The molecule has 2 amide bonds. The molecule has 0 atom stereocenters. The molecule has 2 N–H and O–H groups in total. The molecule has 6 nitrogen and oxygen atoms in total. The molecule has 0 radical (unpaired) electrons. The molecular weight excluding hydrogens is 246 g/mol. The smallest absolute Gasteiger partial charge is 0.308 e. The first-order valence-corrected chi connectivity index (χ1v) is 5.53. The average Bonchev–Trinajstić information content (AvgIpc) is 2.40. The first-order chi connectivity index (χ1) is 9.16. The molecular formula is C13H11N3O3. The summed E-state index contributed by atoms with van der Waals surface area (Å²) in [4.78, 5) is 22.0. The number of hydrogen-bond acceptors (Lipinski definition) is 3. The van der Waals surface area contributed by atoms with Gasteiger partial charge in [-0.2, -0.15) is 0 Å². The first kappa shape index (κ1) is 12.6. The Labute approximate surface area is 109 Å². The highest BCUT2D eigenvalue weighted by atomic mass is 16.6. The van der Waals surface area contributed by atoms with E-state index in [1.165, 1.54) is 12.1 Å². The van der Waals surface area contributed by atoms with Gasteiger partial charge in [-0.15, -0.1) is 0 Å². The number of urea groups is 1. The van der Waals surface area contributed by atoms with Crippen molar-refractivity contribution in [2.24, 2.45) is 0 Å². The molecule has 2 aromatic carbocycles. The lowest BCUT2D eigenvalue weighted by molar-refractivity contribution is -0.383. The molecule has 0 aliphatic carbocycles. The van der Waals surface area contributed by atoms with E-state index in [0.717, 1.165) is 0 Å². The minimum absolute atomic E-state index is 0.147. The molecule has 0 fully saturated rings. The second-order valence-electron chi connectivity index (χ2n) is 3.72. The molecule has 2 aromatic rings. The number of nitro benzene ring substituents is 1. The van der Waals surface area contributed by atoms with Gasteiger partial charge in [-0.3, -0.25) is 10.1 Å². The number of hydrogen-bond donors (Lipinski definition) is 2. The van der Waals surface area contributed by atoms with Crippen LogP contribution in [0.3, 0.4) is 0 Å². The largest absolute Gasteiger partial charge is 0.323 e. The number of nitrogens with zero attached hydrogens (tertiary/aromatic N) is 1. The summed E-state index contributed by atoms with van der Waals surface area (Å²) in [6.07, 6.45) is 0. The second-order valence-corrected chi connectivity index (χ2v) is 3.72. The molecule has 19 heavy (non-hydrogen) atoms. The maximum Gasteiger partial charge on any atom is 0.323 e. The molecule has 6 heteroatoms.